The standard InChI is InChI=1S/C14H15IN2O2/c15-11-5-3-10(4-6-11)13-12(16-9-19-13)14(18)17-7-1-2-8-17/h3-6,9,12-13H,1-2,7-8H2/t12-,13?/m0/s1. The van der Waals surface area contributed by atoms with Crippen molar-refractivity contribution < 1.29 is 9.53 Å². The molecule has 0 N–H and O–H groups in total. The fourth-order valence-electron chi connectivity index (χ4n) is 2.55. The van der Waals surface area contributed by atoms with Gasteiger partial charge in [-0.05, 0) is 53.1 Å². The Morgan fingerprint density at radius 3 is 2.63 bits per heavy atom. The summed E-state index contributed by atoms with van der Waals surface area (Å²) in [5.74, 6) is 0.0924. The summed E-state index contributed by atoms with van der Waals surface area (Å²) in [5, 5.41) is 0. The SMILES string of the molecule is O=C([C@H]1N=COC1c1ccc(I)cc1)N1CCCC1. The zero-order valence-electron chi connectivity index (χ0n) is 10.5. The number of halogens is 1. The van der Waals surface area contributed by atoms with Crippen molar-refractivity contribution >= 4 is 34.9 Å². The molecule has 1 aromatic carbocycles. The van der Waals surface area contributed by atoms with E-state index in [9.17, 15) is 4.79 Å². The Morgan fingerprint density at radius 2 is 1.95 bits per heavy atom. The molecule has 1 unspecified atom stereocenters. The van der Waals surface area contributed by atoms with Gasteiger partial charge in [-0.25, -0.2) is 4.99 Å². The molecule has 2 aliphatic rings. The topological polar surface area (TPSA) is 41.9 Å². The van der Waals surface area contributed by atoms with Crippen molar-refractivity contribution in [3.05, 3.63) is 33.4 Å². The maximum Gasteiger partial charge on any atom is 0.251 e. The molecule has 19 heavy (non-hydrogen) atoms. The zero-order valence-corrected chi connectivity index (χ0v) is 12.6. The first-order valence-electron chi connectivity index (χ1n) is 6.47. The van der Waals surface area contributed by atoms with Crippen molar-refractivity contribution in [2.75, 3.05) is 13.1 Å². The van der Waals surface area contributed by atoms with E-state index in [0.717, 1.165) is 31.5 Å². The molecule has 2 atom stereocenters. The number of hydrogen-bond donors (Lipinski definition) is 0. The van der Waals surface area contributed by atoms with Crippen LogP contribution in [0.3, 0.4) is 0 Å². The molecule has 0 radical (unpaired) electrons. The normalized spacial score (nSPS) is 25.6. The second kappa shape index (κ2) is 5.48. The summed E-state index contributed by atoms with van der Waals surface area (Å²) in [7, 11) is 0. The first-order valence-corrected chi connectivity index (χ1v) is 7.55. The van der Waals surface area contributed by atoms with Crippen LogP contribution in [0, 0.1) is 3.57 Å². The van der Waals surface area contributed by atoms with Crippen molar-refractivity contribution in [2.45, 2.75) is 25.0 Å². The van der Waals surface area contributed by atoms with Gasteiger partial charge in [0, 0.05) is 16.7 Å². The van der Waals surface area contributed by atoms with Gasteiger partial charge in [0.25, 0.3) is 5.91 Å². The Balaban J connectivity index is 1.78. The van der Waals surface area contributed by atoms with E-state index < -0.39 is 6.04 Å². The third kappa shape index (κ3) is 2.61. The largest absolute Gasteiger partial charge is 0.473 e. The van der Waals surface area contributed by atoms with Crippen LogP contribution in [0.15, 0.2) is 29.3 Å². The van der Waals surface area contributed by atoms with Crippen LogP contribution in [0.1, 0.15) is 24.5 Å². The minimum Gasteiger partial charge on any atom is -0.473 e. The molecule has 1 saturated heterocycles. The summed E-state index contributed by atoms with van der Waals surface area (Å²) in [6.45, 7) is 1.70. The Kier molecular flexibility index (Phi) is 3.72. The second-order valence-electron chi connectivity index (χ2n) is 4.84. The molecular weight excluding hydrogens is 355 g/mol. The fourth-order valence-corrected chi connectivity index (χ4v) is 2.91. The van der Waals surface area contributed by atoms with E-state index in [0.29, 0.717) is 0 Å². The Hall–Kier alpha value is -1.11. The van der Waals surface area contributed by atoms with E-state index in [1.807, 2.05) is 29.2 Å². The molecule has 1 aromatic rings. The summed E-state index contributed by atoms with van der Waals surface area (Å²) < 4.78 is 6.70. The molecule has 100 valence electrons. The number of ether oxygens (including phenoxy) is 1. The summed E-state index contributed by atoms with van der Waals surface area (Å²) in [6.07, 6.45) is 3.33. The van der Waals surface area contributed by atoms with Gasteiger partial charge < -0.3 is 9.64 Å². The second-order valence-corrected chi connectivity index (χ2v) is 6.09. The van der Waals surface area contributed by atoms with Crippen molar-refractivity contribution in [1.82, 2.24) is 4.90 Å². The summed E-state index contributed by atoms with van der Waals surface area (Å²) in [4.78, 5) is 18.5. The van der Waals surface area contributed by atoms with Crippen LogP contribution in [0.5, 0.6) is 0 Å². The lowest BCUT2D eigenvalue weighted by molar-refractivity contribution is -0.133. The van der Waals surface area contributed by atoms with E-state index in [-0.39, 0.29) is 12.0 Å². The lowest BCUT2D eigenvalue weighted by Gasteiger charge is -2.22. The number of carbonyl (C=O) groups is 1. The Morgan fingerprint density at radius 1 is 1.26 bits per heavy atom. The monoisotopic (exact) mass is 370 g/mol. The van der Waals surface area contributed by atoms with E-state index in [1.54, 1.807) is 0 Å². The smallest absolute Gasteiger partial charge is 0.251 e. The number of likely N-dealkylation sites (tertiary alicyclic amines) is 1. The molecule has 5 heteroatoms. The third-order valence-corrected chi connectivity index (χ3v) is 4.30. The van der Waals surface area contributed by atoms with Gasteiger partial charge in [-0.1, -0.05) is 12.1 Å². The summed E-state index contributed by atoms with van der Waals surface area (Å²) >= 11 is 2.26. The Labute approximate surface area is 126 Å². The molecule has 2 heterocycles. The van der Waals surface area contributed by atoms with Crippen molar-refractivity contribution in [1.29, 1.82) is 0 Å². The number of rotatable bonds is 2. The highest BCUT2D eigenvalue weighted by Crippen LogP contribution is 2.29. The summed E-state index contributed by atoms with van der Waals surface area (Å²) in [6, 6.07) is 7.64. The number of hydrogen-bond acceptors (Lipinski definition) is 3. The van der Waals surface area contributed by atoms with Crippen molar-refractivity contribution in [3.63, 3.8) is 0 Å². The van der Waals surface area contributed by atoms with Crippen LogP contribution >= 0.6 is 22.6 Å². The number of aliphatic imine (C=N–C) groups is 1. The predicted octanol–water partition coefficient (Wildman–Crippen LogP) is 2.38. The minimum absolute atomic E-state index is 0.0924. The number of carbonyl (C=O) groups excluding carboxylic acids is 1. The van der Waals surface area contributed by atoms with Gasteiger partial charge in [0.2, 0.25) is 0 Å². The van der Waals surface area contributed by atoms with Gasteiger partial charge in [-0.3, -0.25) is 4.79 Å². The van der Waals surface area contributed by atoms with Crippen LogP contribution in [0.4, 0.5) is 0 Å². The molecule has 4 nitrogen and oxygen atoms in total. The van der Waals surface area contributed by atoms with Crippen LogP contribution in [0.25, 0.3) is 0 Å². The van der Waals surface area contributed by atoms with Gasteiger partial charge in [0.15, 0.2) is 18.5 Å². The fraction of sp³-hybridized carbons (Fsp3) is 0.429. The van der Waals surface area contributed by atoms with Gasteiger partial charge in [0.1, 0.15) is 0 Å². The molecular formula is C14H15IN2O2. The van der Waals surface area contributed by atoms with Gasteiger partial charge in [-0.2, -0.15) is 0 Å². The predicted molar refractivity (Wildman–Crippen MR) is 81.1 cm³/mol. The van der Waals surface area contributed by atoms with Crippen LogP contribution in [-0.2, 0) is 9.53 Å². The number of benzene rings is 1. The van der Waals surface area contributed by atoms with E-state index in [2.05, 4.69) is 27.6 Å². The molecule has 2 aliphatic heterocycles. The van der Waals surface area contributed by atoms with Crippen LogP contribution < -0.4 is 0 Å². The quantitative estimate of drug-likeness (QED) is 0.751. The molecule has 0 spiro atoms. The molecule has 0 bridgehead atoms. The first kappa shape index (κ1) is 12.9. The van der Waals surface area contributed by atoms with Crippen molar-refractivity contribution in [3.8, 4) is 0 Å². The third-order valence-electron chi connectivity index (χ3n) is 3.58. The lowest BCUT2D eigenvalue weighted by Crippen LogP contribution is -2.38. The molecule has 0 aliphatic carbocycles. The average Bonchev–Trinajstić information content (AvgIpc) is 3.10. The highest BCUT2D eigenvalue weighted by atomic mass is 127. The van der Waals surface area contributed by atoms with Crippen LogP contribution in [-0.4, -0.2) is 36.3 Å². The number of nitrogens with zero attached hydrogens (tertiary/aromatic N) is 2. The molecule has 1 fully saturated rings. The van der Waals surface area contributed by atoms with E-state index >= 15 is 0 Å². The molecule has 1 amide bonds. The summed E-state index contributed by atoms with van der Waals surface area (Å²) in [5.41, 5.74) is 1.01. The van der Waals surface area contributed by atoms with Crippen LogP contribution in [0.2, 0.25) is 0 Å². The molecule has 3 rings (SSSR count). The highest BCUT2D eigenvalue weighted by molar-refractivity contribution is 14.1. The molecule has 0 aromatic heterocycles. The highest BCUT2D eigenvalue weighted by Gasteiger charge is 2.37. The van der Waals surface area contributed by atoms with Gasteiger partial charge in [-0.15, -0.1) is 0 Å². The average molecular weight is 370 g/mol. The van der Waals surface area contributed by atoms with E-state index in [4.69, 9.17) is 4.74 Å². The molecule has 0 saturated carbocycles. The maximum atomic E-state index is 12.4. The Bertz CT molecular complexity index is 495. The minimum atomic E-state index is -0.418. The van der Waals surface area contributed by atoms with Crippen molar-refractivity contribution in [2.24, 2.45) is 4.99 Å². The first-order chi connectivity index (χ1) is 9.25. The van der Waals surface area contributed by atoms with Gasteiger partial charge in [0.05, 0.1) is 0 Å². The van der Waals surface area contributed by atoms with E-state index in [1.165, 1.54) is 9.97 Å². The number of amides is 1. The lowest BCUT2D eigenvalue weighted by atomic mass is 10.0. The van der Waals surface area contributed by atoms with Gasteiger partial charge >= 0.3 is 0 Å². The zero-order chi connectivity index (χ0) is 13.2. The maximum absolute atomic E-state index is 12.4.